The van der Waals surface area contributed by atoms with E-state index < -0.39 is 22.7 Å². The molecule has 0 bridgehead atoms. The Labute approximate surface area is 284 Å². The third-order valence-electron chi connectivity index (χ3n) is 7.47. The average molecular weight is 685 g/mol. The molecule has 13 heteroatoms. The van der Waals surface area contributed by atoms with E-state index >= 15 is 0 Å². The molecule has 4 aromatic rings. The first-order valence-corrected chi connectivity index (χ1v) is 16.9. The second-order valence-corrected chi connectivity index (χ2v) is 13.0. The van der Waals surface area contributed by atoms with E-state index in [2.05, 4.69) is 16.0 Å². The van der Waals surface area contributed by atoms with Crippen molar-refractivity contribution >= 4 is 69.2 Å². The highest BCUT2D eigenvalue weighted by Crippen LogP contribution is 2.38. The van der Waals surface area contributed by atoms with Crippen LogP contribution in [0.5, 0.6) is 0 Å². The number of thioether (sulfide) groups is 1. The van der Waals surface area contributed by atoms with Crippen molar-refractivity contribution in [2.45, 2.75) is 37.0 Å². The number of hydrogen-bond donors (Lipinski definition) is 3. The molecular formula is C35H32N4O7S2. The number of non-ortho nitro benzene ring substituents is 1. The Morgan fingerprint density at radius 3 is 2.42 bits per heavy atom. The smallest absolute Gasteiger partial charge is 0.341 e. The monoisotopic (exact) mass is 684 g/mol. The van der Waals surface area contributed by atoms with Gasteiger partial charge in [0.05, 0.1) is 23.3 Å². The number of benzene rings is 3. The molecule has 0 saturated carbocycles. The van der Waals surface area contributed by atoms with Gasteiger partial charge in [0, 0.05) is 33.2 Å². The lowest BCUT2D eigenvalue weighted by Crippen LogP contribution is -2.30. The third kappa shape index (κ3) is 8.75. The van der Waals surface area contributed by atoms with Crippen molar-refractivity contribution in [3.63, 3.8) is 0 Å². The molecule has 0 unspecified atom stereocenters. The zero-order valence-electron chi connectivity index (χ0n) is 25.9. The minimum atomic E-state index is -0.620. The second-order valence-electron chi connectivity index (χ2n) is 10.8. The maximum atomic E-state index is 13.4. The number of fused-ring (bicyclic) bond motifs is 1. The Balaban J connectivity index is 1.27. The minimum absolute atomic E-state index is 0.0546. The van der Waals surface area contributed by atoms with Crippen LogP contribution >= 0.6 is 23.1 Å². The molecule has 48 heavy (non-hydrogen) atoms. The van der Waals surface area contributed by atoms with Gasteiger partial charge in [-0.3, -0.25) is 24.5 Å². The Kier molecular flexibility index (Phi) is 11.4. The van der Waals surface area contributed by atoms with E-state index in [1.54, 1.807) is 54.6 Å². The summed E-state index contributed by atoms with van der Waals surface area (Å²) in [5.41, 5.74) is 2.45. The van der Waals surface area contributed by atoms with Gasteiger partial charge in [0.2, 0.25) is 5.91 Å². The van der Waals surface area contributed by atoms with Gasteiger partial charge in [-0.25, -0.2) is 4.79 Å². The molecule has 0 atom stereocenters. The Bertz CT molecular complexity index is 1870. The zero-order valence-corrected chi connectivity index (χ0v) is 27.6. The number of nitrogens with zero attached hydrogens (tertiary/aromatic N) is 1. The molecule has 1 aliphatic carbocycles. The number of amides is 3. The van der Waals surface area contributed by atoms with Crippen LogP contribution in [0, 0.1) is 10.1 Å². The normalized spacial score (nSPS) is 12.6. The largest absolute Gasteiger partial charge is 0.465 e. The fourth-order valence-electron chi connectivity index (χ4n) is 5.12. The van der Waals surface area contributed by atoms with Crippen molar-refractivity contribution in [2.24, 2.45) is 0 Å². The molecule has 1 aromatic heterocycles. The average Bonchev–Trinajstić information content (AvgIpc) is 3.26. The Morgan fingerprint density at radius 2 is 1.69 bits per heavy atom. The summed E-state index contributed by atoms with van der Waals surface area (Å²) in [5.74, 6) is -1.81. The number of hydrogen-bond acceptors (Lipinski definition) is 9. The van der Waals surface area contributed by atoms with E-state index in [0.717, 1.165) is 42.5 Å². The highest BCUT2D eigenvalue weighted by atomic mass is 32.2. The summed E-state index contributed by atoms with van der Waals surface area (Å²) < 4.78 is 5.03. The van der Waals surface area contributed by atoms with Gasteiger partial charge >= 0.3 is 5.97 Å². The molecule has 0 fully saturated rings. The van der Waals surface area contributed by atoms with Gasteiger partial charge in [0.1, 0.15) is 10.7 Å². The standard InChI is InChI=1S/C35H32N4O7S2/c1-46-35(43)31-27-13-6-3-7-14-29(27)48-34(31)38-30(40)21-47-26-12-8-11-24(20-26)36-33(42)28(37-32(41)23-9-4-2-5-10-23)19-22-15-17-25(18-16-22)39(44)45/h2,4-5,8-12,15-20H,3,6-7,13-14,21H2,1H3,(H,36,42)(H,37,41)(H,38,40)/b28-19+. The quantitative estimate of drug-likeness (QED) is 0.0387. The second kappa shape index (κ2) is 16.0. The van der Waals surface area contributed by atoms with Crippen LogP contribution in [0.25, 0.3) is 6.08 Å². The molecule has 11 nitrogen and oxygen atoms in total. The number of ether oxygens (including phenoxy) is 1. The Hall–Kier alpha value is -5.27. The van der Waals surface area contributed by atoms with Gasteiger partial charge in [0.15, 0.2) is 0 Å². The predicted molar refractivity (Wildman–Crippen MR) is 186 cm³/mol. The van der Waals surface area contributed by atoms with Crippen LogP contribution in [0.1, 0.15) is 56.0 Å². The van der Waals surface area contributed by atoms with E-state index in [1.807, 2.05) is 0 Å². The summed E-state index contributed by atoms with van der Waals surface area (Å²) in [6.07, 6.45) is 6.19. The van der Waals surface area contributed by atoms with Crippen molar-refractivity contribution in [3.8, 4) is 0 Å². The van der Waals surface area contributed by atoms with E-state index in [-0.39, 0.29) is 23.0 Å². The van der Waals surface area contributed by atoms with Gasteiger partial charge < -0.3 is 20.7 Å². The number of rotatable bonds is 11. The van der Waals surface area contributed by atoms with Gasteiger partial charge in [-0.05, 0) is 85.4 Å². The van der Waals surface area contributed by atoms with Crippen molar-refractivity contribution in [2.75, 3.05) is 23.5 Å². The highest BCUT2D eigenvalue weighted by Gasteiger charge is 2.26. The van der Waals surface area contributed by atoms with Crippen LogP contribution < -0.4 is 16.0 Å². The van der Waals surface area contributed by atoms with Crippen LogP contribution in [-0.2, 0) is 27.2 Å². The number of methoxy groups -OCH3 is 1. The van der Waals surface area contributed by atoms with Gasteiger partial charge in [-0.15, -0.1) is 23.1 Å². The fraction of sp³-hybridized carbons (Fsp3) is 0.200. The van der Waals surface area contributed by atoms with Crippen molar-refractivity contribution in [1.29, 1.82) is 0 Å². The molecule has 246 valence electrons. The lowest BCUT2D eigenvalue weighted by Gasteiger charge is -2.12. The maximum absolute atomic E-state index is 13.4. The van der Waals surface area contributed by atoms with E-state index in [4.69, 9.17) is 4.74 Å². The molecule has 1 heterocycles. The van der Waals surface area contributed by atoms with Crippen LogP contribution in [0.4, 0.5) is 16.4 Å². The minimum Gasteiger partial charge on any atom is -0.465 e. The lowest BCUT2D eigenvalue weighted by molar-refractivity contribution is -0.384. The summed E-state index contributed by atoms with van der Waals surface area (Å²) in [6.45, 7) is 0. The lowest BCUT2D eigenvalue weighted by atomic mass is 10.1. The first kappa shape index (κ1) is 34.1. The summed E-state index contributed by atoms with van der Waals surface area (Å²) in [4.78, 5) is 64.4. The SMILES string of the molecule is COC(=O)c1c(NC(=O)CSc2cccc(NC(=O)/C(=C\c3ccc([N+](=O)[O-])cc3)NC(=O)c3ccccc3)c2)sc2c1CCCCC2. The van der Waals surface area contributed by atoms with Crippen molar-refractivity contribution in [3.05, 3.63) is 122 Å². The van der Waals surface area contributed by atoms with Crippen molar-refractivity contribution < 1.29 is 28.8 Å². The summed E-state index contributed by atoms with van der Waals surface area (Å²) in [6, 6.07) is 20.8. The van der Waals surface area contributed by atoms with Crippen molar-refractivity contribution in [1.82, 2.24) is 5.32 Å². The number of nitro groups is 1. The number of nitro benzene ring substituents is 1. The van der Waals surface area contributed by atoms with Gasteiger partial charge in [-0.2, -0.15) is 0 Å². The van der Waals surface area contributed by atoms with Crippen LogP contribution in [0.3, 0.4) is 0 Å². The number of carbonyl (C=O) groups excluding carboxylic acids is 4. The number of thiophene rings is 1. The van der Waals surface area contributed by atoms with Crippen LogP contribution in [0.2, 0.25) is 0 Å². The molecule has 0 saturated heterocycles. The molecule has 0 aliphatic heterocycles. The van der Waals surface area contributed by atoms with Gasteiger partial charge in [-0.1, -0.05) is 30.7 Å². The molecule has 3 N–H and O–H groups in total. The topological polar surface area (TPSA) is 157 Å². The molecule has 5 rings (SSSR count). The maximum Gasteiger partial charge on any atom is 0.341 e. The summed E-state index contributed by atoms with van der Waals surface area (Å²) in [7, 11) is 1.34. The number of esters is 1. The van der Waals surface area contributed by atoms with E-state index in [1.165, 1.54) is 60.5 Å². The van der Waals surface area contributed by atoms with Crippen LogP contribution in [-0.4, -0.2) is 41.5 Å². The molecule has 0 radical (unpaired) electrons. The number of aryl methyl sites for hydroxylation is 1. The number of anilines is 2. The molecule has 0 spiro atoms. The summed E-state index contributed by atoms with van der Waals surface area (Å²) >= 11 is 2.69. The molecule has 1 aliphatic rings. The van der Waals surface area contributed by atoms with Gasteiger partial charge in [0.25, 0.3) is 17.5 Å². The predicted octanol–water partition coefficient (Wildman–Crippen LogP) is 6.85. The summed E-state index contributed by atoms with van der Waals surface area (Å²) in [5, 5.41) is 19.9. The molecule has 3 aromatic carbocycles. The van der Waals surface area contributed by atoms with E-state index in [0.29, 0.717) is 32.3 Å². The van der Waals surface area contributed by atoms with Crippen LogP contribution in [0.15, 0.2) is 89.5 Å². The zero-order chi connectivity index (χ0) is 34.0. The fourth-order valence-corrected chi connectivity index (χ4v) is 7.17. The number of carbonyl (C=O) groups is 4. The number of nitrogens with one attached hydrogen (secondary N) is 3. The highest BCUT2D eigenvalue weighted by molar-refractivity contribution is 8.00. The third-order valence-corrected chi connectivity index (χ3v) is 9.67. The van der Waals surface area contributed by atoms with E-state index in [9.17, 15) is 29.3 Å². The molecule has 3 amide bonds. The molecular weight excluding hydrogens is 653 g/mol. The Morgan fingerprint density at radius 1 is 0.938 bits per heavy atom. The first-order valence-electron chi connectivity index (χ1n) is 15.1. The first-order chi connectivity index (χ1) is 23.2.